The minimum atomic E-state index is -0.505. The van der Waals surface area contributed by atoms with E-state index in [0.717, 1.165) is 12.8 Å². The van der Waals surface area contributed by atoms with Crippen LogP contribution in [0.15, 0.2) is 18.2 Å². The van der Waals surface area contributed by atoms with Crippen LogP contribution in [-0.2, 0) is 0 Å². The normalized spacial score (nSPS) is 18.3. The summed E-state index contributed by atoms with van der Waals surface area (Å²) < 4.78 is 14.8. The lowest BCUT2D eigenvalue weighted by Gasteiger charge is -2.34. The number of hydrogen-bond acceptors (Lipinski definition) is 4. The number of nitrogens with two attached hydrogens (primary N) is 1. The topological polar surface area (TPSA) is 77.0 Å². The Morgan fingerprint density at radius 1 is 1.46 bits per heavy atom. The van der Waals surface area contributed by atoms with E-state index in [1.54, 1.807) is 17.9 Å². The van der Waals surface area contributed by atoms with Crippen molar-refractivity contribution in [1.82, 2.24) is 19.9 Å². The summed E-state index contributed by atoms with van der Waals surface area (Å²) in [6.45, 7) is 5.05. The van der Waals surface area contributed by atoms with E-state index in [2.05, 4.69) is 10.3 Å². The van der Waals surface area contributed by atoms with E-state index in [1.807, 2.05) is 6.92 Å². The maximum atomic E-state index is 13.3. The molecule has 2 N–H and O–H groups in total. The summed E-state index contributed by atoms with van der Waals surface area (Å²) in [5, 5.41) is 8.08. The largest absolute Gasteiger partial charge is 0.337 e. The van der Waals surface area contributed by atoms with E-state index in [1.165, 1.54) is 16.8 Å². The molecular weight excluding hydrogens is 380 g/mol. The molecule has 1 aliphatic heterocycles. The van der Waals surface area contributed by atoms with Gasteiger partial charge in [-0.05, 0) is 50.8 Å². The van der Waals surface area contributed by atoms with Crippen molar-refractivity contribution in [3.63, 3.8) is 0 Å². The molecule has 1 aliphatic rings. The number of aromatic nitrogens is 3. The first-order valence-corrected chi connectivity index (χ1v) is 8.69. The minimum Gasteiger partial charge on any atom is -0.337 e. The fourth-order valence-corrected chi connectivity index (χ4v) is 3.34. The highest BCUT2D eigenvalue weighted by Gasteiger charge is 2.29. The standard InChI is InChI=1S/C17H21ClFN5O.ClH/c1-10(20)12-4-3-7-23(9-12)17(25)16-11(2)24(22-21-16)13-5-6-15(19)14(18)8-13;/h5-6,8,10,12H,3-4,7,9,20H2,1-2H3;1H. The molecule has 9 heteroatoms. The average Bonchev–Trinajstić information content (AvgIpc) is 2.98. The third-order valence-corrected chi connectivity index (χ3v) is 5.02. The number of carbonyl (C=O) groups excluding carboxylic acids is 1. The van der Waals surface area contributed by atoms with Gasteiger partial charge in [0.25, 0.3) is 5.91 Å². The van der Waals surface area contributed by atoms with Crippen LogP contribution in [0, 0.1) is 18.7 Å². The van der Waals surface area contributed by atoms with Gasteiger partial charge < -0.3 is 10.6 Å². The molecule has 6 nitrogen and oxygen atoms in total. The zero-order valence-electron chi connectivity index (χ0n) is 14.7. The molecule has 3 rings (SSSR count). The van der Waals surface area contributed by atoms with Gasteiger partial charge in [-0.1, -0.05) is 16.8 Å². The lowest BCUT2D eigenvalue weighted by atomic mass is 9.92. The highest BCUT2D eigenvalue weighted by molar-refractivity contribution is 6.30. The highest BCUT2D eigenvalue weighted by Crippen LogP contribution is 2.23. The number of amides is 1. The number of halogens is 3. The molecule has 1 saturated heterocycles. The number of hydrogen-bond donors (Lipinski definition) is 1. The van der Waals surface area contributed by atoms with Crippen molar-refractivity contribution in [2.45, 2.75) is 32.7 Å². The summed E-state index contributed by atoms with van der Waals surface area (Å²) in [7, 11) is 0. The van der Waals surface area contributed by atoms with Crippen molar-refractivity contribution in [3.05, 3.63) is 40.4 Å². The fraction of sp³-hybridized carbons (Fsp3) is 0.471. The van der Waals surface area contributed by atoms with Gasteiger partial charge >= 0.3 is 0 Å². The van der Waals surface area contributed by atoms with Crippen molar-refractivity contribution in [1.29, 1.82) is 0 Å². The minimum absolute atomic E-state index is 0. The molecule has 1 fully saturated rings. The molecule has 0 spiro atoms. The van der Waals surface area contributed by atoms with Crippen molar-refractivity contribution in [2.75, 3.05) is 13.1 Å². The van der Waals surface area contributed by atoms with E-state index >= 15 is 0 Å². The summed E-state index contributed by atoms with van der Waals surface area (Å²) in [5.41, 5.74) is 7.44. The summed E-state index contributed by atoms with van der Waals surface area (Å²) >= 11 is 5.83. The summed E-state index contributed by atoms with van der Waals surface area (Å²) in [4.78, 5) is 14.6. The SMILES string of the molecule is Cc1c(C(=O)N2CCCC(C(C)N)C2)nnn1-c1ccc(F)c(Cl)c1.Cl. The van der Waals surface area contributed by atoms with Crippen LogP contribution in [0.4, 0.5) is 4.39 Å². The number of rotatable bonds is 3. The number of likely N-dealkylation sites (tertiary alicyclic amines) is 1. The van der Waals surface area contributed by atoms with Crippen LogP contribution in [0.1, 0.15) is 35.9 Å². The van der Waals surface area contributed by atoms with E-state index < -0.39 is 5.82 Å². The number of nitrogens with zero attached hydrogens (tertiary/aromatic N) is 4. The third kappa shape index (κ3) is 4.00. The first kappa shape index (κ1) is 20.6. The van der Waals surface area contributed by atoms with Gasteiger partial charge in [-0.2, -0.15) is 0 Å². The number of carbonyl (C=O) groups is 1. The summed E-state index contributed by atoms with van der Waals surface area (Å²) in [5.74, 6) is -0.360. The molecule has 2 atom stereocenters. The second-order valence-electron chi connectivity index (χ2n) is 6.55. The van der Waals surface area contributed by atoms with Gasteiger partial charge in [0.05, 0.1) is 16.4 Å². The van der Waals surface area contributed by atoms with E-state index in [-0.39, 0.29) is 29.4 Å². The highest BCUT2D eigenvalue weighted by atomic mass is 35.5. The quantitative estimate of drug-likeness (QED) is 0.857. The maximum absolute atomic E-state index is 13.3. The van der Waals surface area contributed by atoms with Crippen LogP contribution in [0.3, 0.4) is 0 Å². The Hall–Kier alpha value is -1.70. The smallest absolute Gasteiger partial charge is 0.276 e. The Kier molecular flexibility index (Phi) is 6.60. The zero-order valence-corrected chi connectivity index (χ0v) is 16.2. The maximum Gasteiger partial charge on any atom is 0.276 e. The van der Waals surface area contributed by atoms with Crippen LogP contribution in [0.5, 0.6) is 0 Å². The molecule has 1 amide bonds. The van der Waals surface area contributed by atoms with E-state index in [9.17, 15) is 9.18 Å². The third-order valence-electron chi connectivity index (χ3n) is 4.73. The Morgan fingerprint density at radius 2 is 2.19 bits per heavy atom. The Bertz CT molecular complexity index is 795. The van der Waals surface area contributed by atoms with Gasteiger partial charge in [0.1, 0.15) is 5.82 Å². The molecule has 0 aliphatic carbocycles. The predicted molar refractivity (Wildman–Crippen MR) is 101 cm³/mol. The monoisotopic (exact) mass is 401 g/mol. The molecule has 2 heterocycles. The Morgan fingerprint density at radius 3 is 2.85 bits per heavy atom. The van der Waals surface area contributed by atoms with Crippen molar-refractivity contribution >= 4 is 29.9 Å². The number of benzene rings is 1. The Balaban J connectivity index is 0.00000243. The molecule has 2 aromatic rings. The molecule has 142 valence electrons. The Labute approximate surface area is 162 Å². The lowest BCUT2D eigenvalue weighted by molar-refractivity contribution is 0.0654. The van der Waals surface area contributed by atoms with Crippen LogP contribution >= 0.6 is 24.0 Å². The first-order valence-electron chi connectivity index (χ1n) is 8.31. The molecule has 1 aromatic carbocycles. The zero-order chi connectivity index (χ0) is 18.1. The van der Waals surface area contributed by atoms with Gasteiger partial charge in [-0.25, -0.2) is 9.07 Å². The average molecular weight is 402 g/mol. The van der Waals surface area contributed by atoms with Gasteiger partial charge in [0.2, 0.25) is 0 Å². The van der Waals surface area contributed by atoms with E-state index in [0.29, 0.717) is 36.1 Å². The first-order chi connectivity index (χ1) is 11.9. The van der Waals surface area contributed by atoms with Crippen molar-refractivity contribution in [3.8, 4) is 5.69 Å². The summed E-state index contributed by atoms with van der Waals surface area (Å²) in [6, 6.07) is 4.32. The van der Waals surface area contributed by atoms with Crippen LogP contribution in [0.25, 0.3) is 5.69 Å². The van der Waals surface area contributed by atoms with Gasteiger partial charge in [0, 0.05) is 19.1 Å². The van der Waals surface area contributed by atoms with Crippen LogP contribution < -0.4 is 5.73 Å². The second kappa shape index (κ2) is 8.33. The molecule has 2 unspecified atom stereocenters. The van der Waals surface area contributed by atoms with Crippen molar-refractivity contribution in [2.24, 2.45) is 11.7 Å². The molecule has 0 radical (unpaired) electrons. The van der Waals surface area contributed by atoms with Crippen molar-refractivity contribution < 1.29 is 9.18 Å². The van der Waals surface area contributed by atoms with Gasteiger partial charge in [0.15, 0.2) is 5.69 Å². The molecule has 26 heavy (non-hydrogen) atoms. The fourth-order valence-electron chi connectivity index (χ4n) is 3.16. The molecule has 0 bridgehead atoms. The molecule has 1 aromatic heterocycles. The summed E-state index contributed by atoms with van der Waals surface area (Å²) in [6.07, 6.45) is 1.96. The van der Waals surface area contributed by atoms with Gasteiger partial charge in [-0.3, -0.25) is 4.79 Å². The van der Waals surface area contributed by atoms with Crippen LogP contribution in [0.2, 0.25) is 5.02 Å². The molecular formula is C17H22Cl2FN5O. The van der Waals surface area contributed by atoms with Gasteiger partial charge in [-0.15, -0.1) is 17.5 Å². The van der Waals surface area contributed by atoms with Crippen LogP contribution in [-0.4, -0.2) is 44.9 Å². The second-order valence-corrected chi connectivity index (χ2v) is 6.95. The lowest BCUT2D eigenvalue weighted by Crippen LogP contribution is -2.45. The molecule has 0 saturated carbocycles. The van der Waals surface area contributed by atoms with E-state index in [4.69, 9.17) is 17.3 Å². The number of piperidine rings is 1. The predicted octanol–water partition coefficient (Wildman–Crippen LogP) is 2.99.